The molecule has 20 heavy (non-hydrogen) atoms. The van der Waals surface area contributed by atoms with Crippen molar-refractivity contribution in [2.24, 2.45) is 0 Å². The number of hydrogen-bond donors (Lipinski definition) is 1. The number of halogens is 2. The van der Waals surface area contributed by atoms with Gasteiger partial charge in [-0.1, -0.05) is 34.1 Å². The summed E-state index contributed by atoms with van der Waals surface area (Å²) in [4.78, 5) is 0. The third kappa shape index (κ3) is 2.94. The first-order valence-electron chi connectivity index (χ1n) is 6.64. The number of hydrogen-bond acceptors (Lipinski definition) is 1. The van der Waals surface area contributed by atoms with Gasteiger partial charge in [-0.2, -0.15) is 0 Å². The molecule has 1 atom stereocenters. The third-order valence-corrected chi connectivity index (χ3v) is 4.12. The highest BCUT2D eigenvalue weighted by Gasteiger charge is 2.16. The Labute approximate surface area is 128 Å². The second-order valence-corrected chi connectivity index (χ2v) is 6.11. The zero-order valence-electron chi connectivity index (χ0n) is 12.2. The van der Waals surface area contributed by atoms with E-state index in [-0.39, 0.29) is 11.9 Å². The summed E-state index contributed by atoms with van der Waals surface area (Å²) in [6.45, 7) is 5.72. The van der Waals surface area contributed by atoms with Crippen LogP contribution >= 0.6 is 15.9 Å². The fraction of sp³-hybridized carbons (Fsp3) is 0.294. The molecule has 2 aromatic rings. The van der Waals surface area contributed by atoms with Crippen LogP contribution in [0.5, 0.6) is 0 Å². The smallest absolute Gasteiger partial charge is 0.129 e. The summed E-state index contributed by atoms with van der Waals surface area (Å²) in [5.74, 6) is -0.115. The summed E-state index contributed by atoms with van der Waals surface area (Å²) in [6.07, 6.45) is 0. The third-order valence-electron chi connectivity index (χ3n) is 3.62. The molecule has 0 spiro atoms. The van der Waals surface area contributed by atoms with Crippen molar-refractivity contribution in [1.29, 1.82) is 0 Å². The summed E-state index contributed by atoms with van der Waals surface area (Å²) in [5.41, 5.74) is 4.89. The molecule has 0 aliphatic rings. The Bertz CT molecular complexity index is 614. The molecule has 2 aromatic carbocycles. The first kappa shape index (κ1) is 15.2. The highest BCUT2D eigenvalue weighted by molar-refractivity contribution is 9.10. The first-order valence-corrected chi connectivity index (χ1v) is 7.43. The lowest BCUT2D eigenvalue weighted by atomic mass is 9.93. The van der Waals surface area contributed by atoms with Gasteiger partial charge >= 0.3 is 0 Å². The number of nitrogens with one attached hydrogen (secondary N) is 1. The highest BCUT2D eigenvalue weighted by atomic mass is 79.9. The normalized spacial score (nSPS) is 12.5. The van der Waals surface area contributed by atoms with Crippen molar-refractivity contribution in [3.8, 4) is 0 Å². The van der Waals surface area contributed by atoms with Crippen LogP contribution in [0, 0.1) is 26.6 Å². The summed E-state index contributed by atoms with van der Waals surface area (Å²) in [7, 11) is 1.93. The van der Waals surface area contributed by atoms with Crippen LogP contribution in [0.2, 0.25) is 0 Å². The molecular formula is C17H19BrFN. The quantitative estimate of drug-likeness (QED) is 0.847. The fourth-order valence-electron chi connectivity index (χ4n) is 2.61. The van der Waals surface area contributed by atoms with Gasteiger partial charge in [0.05, 0.1) is 6.04 Å². The van der Waals surface area contributed by atoms with Crippen LogP contribution in [0.3, 0.4) is 0 Å². The molecule has 3 heteroatoms. The van der Waals surface area contributed by atoms with Crippen LogP contribution in [0.15, 0.2) is 34.8 Å². The summed E-state index contributed by atoms with van der Waals surface area (Å²) < 4.78 is 14.9. The largest absolute Gasteiger partial charge is 0.309 e. The van der Waals surface area contributed by atoms with Crippen LogP contribution < -0.4 is 5.32 Å². The summed E-state index contributed by atoms with van der Waals surface area (Å²) in [6, 6.07) is 10.2. The van der Waals surface area contributed by atoms with Gasteiger partial charge in [-0.25, -0.2) is 4.39 Å². The lowest BCUT2D eigenvalue weighted by molar-refractivity contribution is 0.604. The molecule has 0 radical (unpaired) electrons. The lowest BCUT2D eigenvalue weighted by Gasteiger charge is -2.21. The maximum atomic E-state index is 13.8. The minimum atomic E-state index is -0.115. The van der Waals surface area contributed by atoms with E-state index in [1.807, 2.05) is 39.1 Å². The molecule has 1 unspecified atom stereocenters. The van der Waals surface area contributed by atoms with E-state index in [2.05, 4.69) is 40.3 Å². The second kappa shape index (κ2) is 6.06. The van der Waals surface area contributed by atoms with Gasteiger partial charge in [-0.3, -0.25) is 0 Å². The average molecular weight is 336 g/mol. The van der Waals surface area contributed by atoms with E-state index in [9.17, 15) is 4.39 Å². The van der Waals surface area contributed by atoms with Crippen LogP contribution in [0.25, 0.3) is 0 Å². The first-order chi connectivity index (χ1) is 9.43. The van der Waals surface area contributed by atoms with Crippen molar-refractivity contribution < 1.29 is 4.39 Å². The summed E-state index contributed by atoms with van der Waals surface area (Å²) >= 11 is 3.49. The molecule has 0 heterocycles. The predicted octanol–water partition coefficient (Wildman–Crippen LogP) is 4.82. The van der Waals surface area contributed by atoms with Gasteiger partial charge in [0.15, 0.2) is 0 Å². The molecule has 0 aromatic heterocycles. The van der Waals surface area contributed by atoms with Gasteiger partial charge in [-0.15, -0.1) is 0 Å². The number of benzene rings is 2. The zero-order valence-corrected chi connectivity index (χ0v) is 13.8. The van der Waals surface area contributed by atoms with Crippen molar-refractivity contribution in [1.82, 2.24) is 5.32 Å². The molecule has 2 rings (SSSR count). The van der Waals surface area contributed by atoms with Crippen molar-refractivity contribution in [2.75, 3.05) is 7.05 Å². The molecule has 1 nitrogen and oxygen atoms in total. The van der Waals surface area contributed by atoms with Crippen LogP contribution in [0.1, 0.15) is 33.9 Å². The van der Waals surface area contributed by atoms with Gasteiger partial charge < -0.3 is 5.32 Å². The molecule has 0 aliphatic carbocycles. The van der Waals surface area contributed by atoms with E-state index < -0.39 is 0 Å². The van der Waals surface area contributed by atoms with Gasteiger partial charge in [0.25, 0.3) is 0 Å². The van der Waals surface area contributed by atoms with Crippen LogP contribution in [0.4, 0.5) is 4.39 Å². The molecule has 0 fully saturated rings. The van der Waals surface area contributed by atoms with E-state index >= 15 is 0 Å². The number of aryl methyl sites for hydroxylation is 3. The molecule has 0 bridgehead atoms. The van der Waals surface area contributed by atoms with E-state index in [0.717, 1.165) is 10.0 Å². The van der Waals surface area contributed by atoms with Crippen molar-refractivity contribution >= 4 is 15.9 Å². The maximum absolute atomic E-state index is 13.8. The minimum absolute atomic E-state index is 0.0705. The molecule has 1 N–H and O–H groups in total. The van der Waals surface area contributed by atoms with Gasteiger partial charge in [-0.05, 0) is 67.8 Å². The topological polar surface area (TPSA) is 12.0 Å². The van der Waals surface area contributed by atoms with E-state index in [1.54, 1.807) is 0 Å². The molecule has 0 saturated heterocycles. The Hall–Kier alpha value is -1.19. The second-order valence-electron chi connectivity index (χ2n) is 5.19. The Kier molecular flexibility index (Phi) is 4.61. The van der Waals surface area contributed by atoms with Gasteiger partial charge in [0.1, 0.15) is 5.82 Å². The maximum Gasteiger partial charge on any atom is 0.129 e. The predicted molar refractivity (Wildman–Crippen MR) is 85.7 cm³/mol. The minimum Gasteiger partial charge on any atom is -0.309 e. The molecular weight excluding hydrogens is 317 g/mol. The monoisotopic (exact) mass is 335 g/mol. The van der Waals surface area contributed by atoms with E-state index in [0.29, 0.717) is 11.1 Å². The van der Waals surface area contributed by atoms with Gasteiger partial charge in [0.2, 0.25) is 0 Å². The van der Waals surface area contributed by atoms with Gasteiger partial charge in [0, 0.05) is 4.47 Å². The molecule has 0 aliphatic heterocycles. The number of rotatable bonds is 3. The Balaban J connectivity index is 2.52. The molecule has 0 amide bonds. The summed E-state index contributed by atoms with van der Waals surface area (Å²) in [5, 5.41) is 3.33. The van der Waals surface area contributed by atoms with Crippen molar-refractivity contribution in [2.45, 2.75) is 26.8 Å². The van der Waals surface area contributed by atoms with Crippen molar-refractivity contribution in [3.63, 3.8) is 0 Å². The standard InChI is InChI=1S/C17H19BrFN/c1-10-9-14(18)5-6-15(10)17(20-4)13-7-11(2)16(19)12(3)8-13/h5-9,17,20H,1-4H3. The van der Waals surface area contributed by atoms with E-state index in [1.165, 1.54) is 11.1 Å². The fourth-order valence-corrected chi connectivity index (χ4v) is 3.09. The lowest BCUT2D eigenvalue weighted by Crippen LogP contribution is -2.19. The van der Waals surface area contributed by atoms with E-state index in [4.69, 9.17) is 0 Å². The SMILES string of the molecule is CNC(c1cc(C)c(F)c(C)c1)c1ccc(Br)cc1C. The van der Waals surface area contributed by atoms with Crippen LogP contribution in [-0.2, 0) is 0 Å². The Morgan fingerprint density at radius 3 is 2.10 bits per heavy atom. The highest BCUT2D eigenvalue weighted by Crippen LogP contribution is 2.29. The van der Waals surface area contributed by atoms with Crippen molar-refractivity contribution in [3.05, 3.63) is 68.4 Å². The van der Waals surface area contributed by atoms with Crippen LogP contribution in [-0.4, -0.2) is 7.05 Å². The molecule has 0 saturated carbocycles. The molecule has 106 valence electrons. The Morgan fingerprint density at radius 2 is 1.60 bits per heavy atom. The average Bonchev–Trinajstić information content (AvgIpc) is 2.39. The Morgan fingerprint density at radius 1 is 1.00 bits per heavy atom. The zero-order chi connectivity index (χ0) is 14.9.